The fourth-order valence-corrected chi connectivity index (χ4v) is 1.58. The van der Waals surface area contributed by atoms with Crippen molar-refractivity contribution in [1.82, 2.24) is 0 Å². The van der Waals surface area contributed by atoms with Crippen LogP contribution in [-0.2, 0) is 4.74 Å². The number of hydrogen-bond acceptors (Lipinski definition) is 3. The molecular formula is C9H19NO2. The van der Waals surface area contributed by atoms with Crippen molar-refractivity contribution in [3.8, 4) is 0 Å². The molecule has 12 heavy (non-hydrogen) atoms. The van der Waals surface area contributed by atoms with Crippen molar-refractivity contribution in [3.63, 3.8) is 0 Å². The SMILES string of the molecule is NC(CO)CCC1CCCOC1. The molecule has 2 atom stereocenters. The molecule has 0 bridgehead atoms. The van der Waals surface area contributed by atoms with Crippen LogP contribution in [0.5, 0.6) is 0 Å². The first kappa shape index (κ1) is 9.96. The first-order valence-electron chi connectivity index (χ1n) is 4.77. The van der Waals surface area contributed by atoms with E-state index in [0.29, 0.717) is 5.92 Å². The Bertz CT molecular complexity index is 113. The predicted octanol–water partition coefficient (Wildman–Crippen LogP) is 0.513. The summed E-state index contributed by atoms with van der Waals surface area (Å²) in [6, 6.07) is -0.0353. The summed E-state index contributed by atoms with van der Waals surface area (Å²) in [7, 11) is 0. The van der Waals surface area contributed by atoms with E-state index in [9.17, 15) is 0 Å². The molecule has 0 aliphatic carbocycles. The third-order valence-corrected chi connectivity index (χ3v) is 2.43. The minimum absolute atomic E-state index is 0.0353. The van der Waals surface area contributed by atoms with Crippen LogP contribution in [0.3, 0.4) is 0 Å². The Kier molecular flexibility index (Phi) is 4.58. The highest BCUT2D eigenvalue weighted by atomic mass is 16.5. The maximum absolute atomic E-state index is 8.71. The zero-order valence-electron chi connectivity index (χ0n) is 7.54. The van der Waals surface area contributed by atoms with Crippen LogP contribution in [0, 0.1) is 5.92 Å². The largest absolute Gasteiger partial charge is 0.395 e. The van der Waals surface area contributed by atoms with E-state index in [1.807, 2.05) is 0 Å². The summed E-state index contributed by atoms with van der Waals surface area (Å²) < 4.78 is 5.34. The quantitative estimate of drug-likeness (QED) is 0.651. The maximum Gasteiger partial charge on any atom is 0.0582 e. The Morgan fingerprint density at radius 3 is 3.00 bits per heavy atom. The third-order valence-electron chi connectivity index (χ3n) is 2.43. The molecule has 3 nitrogen and oxygen atoms in total. The lowest BCUT2D eigenvalue weighted by Crippen LogP contribution is -2.26. The molecule has 0 radical (unpaired) electrons. The van der Waals surface area contributed by atoms with Crippen LogP contribution in [0.15, 0.2) is 0 Å². The van der Waals surface area contributed by atoms with Gasteiger partial charge in [0.15, 0.2) is 0 Å². The van der Waals surface area contributed by atoms with Gasteiger partial charge in [0.2, 0.25) is 0 Å². The second-order valence-electron chi connectivity index (χ2n) is 3.60. The average molecular weight is 173 g/mol. The van der Waals surface area contributed by atoms with Crippen molar-refractivity contribution in [2.24, 2.45) is 11.7 Å². The van der Waals surface area contributed by atoms with Gasteiger partial charge in [-0.25, -0.2) is 0 Å². The van der Waals surface area contributed by atoms with Gasteiger partial charge in [0.25, 0.3) is 0 Å². The van der Waals surface area contributed by atoms with Crippen molar-refractivity contribution in [2.45, 2.75) is 31.7 Å². The van der Waals surface area contributed by atoms with Crippen LogP contribution < -0.4 is 5.73 Å². The summed E-state index contributed by atoms with van der Waals surface area (Å²) in [5.41, 5.74) is 5.60. The van der Waals surface area contributed by atoms with E-state index in [2.05, 4.69) is 0 Å². The lowest BCUT2D eigenvalue weighted by molar-refractivity contribution is 0.0495. The van der Waals surface area contributed by atoms with Crippen LogP contribution in [0.2, 0.25) is 0 Å². The molecule has 0 amide bonds. The van der Waals surface area contributed by atoms with Crippen molar-refractivity contribution in [2.75, 3.05) is 19.8 Å². The van der Waals surface area contributed by atoms with Gasteiger partial charge in [0, 0.05) is 19.3 Å². The number of nitrogens with two attached hydrogens (primary N) is 1. The van der Waals surface area contributed by atoms with Gasteiger partial charge in [-0.1, -0.05) is 0 Å². The molecule has 0 aromatic rings. The highest BCUT2D eigenvalue weighted by molar-refractivity contribution is 4.67. The molecule has 1 fully saturated rings. The fraction of sp³-hybridized carbons (Fsp3) is 1.00. The number of aliphatic hydroxyl groups is 1. The Labute approximate surface area is 73.9 Å². The molecule has 1 rings (SSSR count). The van der Waals surface area contributed by atoms with Crippen LogP contribution in [0.25, 0.3) is 0 Å². The second-order valence-corrected chi connectivity index (χ2v) is 3.60. The van der Waals surface area contributed by atoms with Crippen LogP contribution in [-0.4, -0.2) is 31.0 Å². The number of rotatable bonds is 4. The standard InChI is InChI=1S/C9H19NO2/c10-9(6-11)4-3-8-2-1-5-12-7-8/h8-9,11H,1-7,10H2. The maximum atomic E-state index is 8.71. The molecule has 72 valence electrons. The molecule has 0 saturated carbocycles. The monoisotopic (exact) mass is 173 g/mol. The Morgan fingerprint density at radius 2 is 2.42 bits per heavy atom. The predicted molar refractivity (Wildman–Crippen MR) is 47.8 cm³/mol. The van der Waals surface area contributed by atoms with Gasteiger partial charge in [0.05, 0.1) is 6.61 Å². The van der Waals surface area contributed by atoms with Crippen molar-refractivity contribution >= 4 is 0 Å². The van der Waals surface area contributed by atoms with E-state index < -0.39 is 0 Å². The summed E-state index contributed by atoms with van der Waals surface area (Å²) >= 11 is 0. The van der Waals surface area contributed by atoms with E-state index in [4.69, 9.17) is 15.6 Å². The summed E-state index contributed by atoms with van der Waals surface area (Å²) in [5.74, 6) is 0.677. The molecule has 0 aromatic heterocycles. The molecular weight excluding hydrogens is 154 g/mol. The number of ether oxygens (including phenoxy) is 1. The van der Waals surface area contributed by atoms with E-state index in [-0.39, 0.29) is 12.6 Å². The van der Waals surface area contributed by atoms with Gasteiger partial charge in [-0.05, 0) is 31.6 Å². The van der Waals surface area contributed by atoms with Crippen molar-refractivity contribution in [1.29, 1.82) is 0 Å². The molecule has 0 spiro atoms. The van der Waals surface area contributed by atoms with E-state index in [0.717, 1.165) is 26.1 Å². The lowest BCUT2D eigenvalue weighted by Gasteiger charge is -2.22. The number of hydrogen-bond donors (Lipinski definition) is 2. The summed E-state index contributed by atoms with van der Waals surface area (Å²) in [6.07, 6.45) is 4.46. The molecule has 3 heteroatoms. The van der Waals surface area contributed by atoms with Gasteiger partial charge in [-0.2, -0.15) is 0 Å². The van der Waals surface area contributed by atoms with Gasteiger partial charge in [0.1, 0.15) is 0 Å². The Balaban J connectivity index is 2.05. The first-order valence-corrected chi connectivity index (χ1v) is 4.77. The zero-order chi connectivity index (χ0) is 8.81. The molecule has 1 saturated heterocycles. The van der Waals surface area contributed by atoms with E-state index in [1.165, 1.54) is 12.8 Å². The van der Waals surface area contributed by atoms with E-state index in [1.54, 1.807) is 0 Å². The van der Waals surface area contributed by atoms with Crippen LogP contribution in [0.4, 0.5) is 0 Å². The Morgan fingerprint density at radius 1 is 1.58 bits per heavy atom. The minimum Gasteiger partial charge on any atom is -0.395 e. The topological polar surface area (TPSA) is 55.5 Å². The van der Waals surface area contributed by atoms with Gasteiger partial charge in [-0.3, -0.25) is 0 Å². The highest BCUT2D eigenvalue weighted by Gasteiger charge is 2.14. The average Bonchev–Trinajstić information content (AvgIpc) is 2.16. The second kappa shape index (κ2) is 5.51. The third kappa shape index (κ3) is 3.52. The van der Waals surface area contributed by atoms with Crippen LogP contribution in [0.1, 0.15) is 25.7 Å². The Hall–Kier alpha value is -0.120. The van der Waals surface area contributed by atoms with Gasteiger partial charge < -0.3 is 15.6 Å². The highest BCUT2D eigenvalue weighted by Crippen LogP contribution is 2.18. The normalized spacial score (nSPS) is 27.0. The van der Waals surface area contributed by atoms with E-state index >= 15 is 0 Å². The molecule has 2 unspecified atom stereocenters. The minimum atomic E-state index is -0.0353. The lowest BCUT2D eigenvalue weighted by atomic mass is 9.95. The van der Waals surface area contributed by atoms with Gasteiger partial charge in [-0.15, -0.1) is 0 Å². The van der Waals surface area contributed by atoms with Crippen molar-refractivity contribution < 1.29 is 9.84 Å². The summed E-state index contributed by atoms with van der Waals surface area (Å²) in [5, 5.41) is 8.71. The summed E-state index contributed by atoms with van der Waals surface area (Å²) in [6.45, 7) is 1.91. The first-order chi connectivity index (χ1) is 5.83. The van der Waals surface area contributed by atoms with Crippen molar-refractivity contribution in [3.05, 3.63) is 0 Å². The molecule has 3 N–H and O–H groups in total. The number of aliphatic hydroxyl groups excluding tert-OH is 1. The molecule has 1 aliphatic rings. The van der Waals surface area contributed by atoms with Crippen LogP contribution >= 0.6 is 0 Å². The molecule has 1 heterocycles. The summed E-state index contributed by atoms with van der Waals surface area (Å²) in [4.78, 5) is 0. The van der Waals surface area contributed by atoms with Gasteiger partial charge >= 0.3 is 0 Å². The fourth-order valence-electron chi connectivity index (χ4n) is 1.58. The zero-order valence-corrected chi connectivity index (χ0v) is 7.54. The molecule has 0 aromatic carbocycles. The molecule has 1 aliphatic heterocycles. The smallest absolute Gasteiger partial charge is 0.0582 e.